The number of halogens is 1. The molecule has 88 valence electrons. The van der Waals surface area contributed by atoms with Crippen molar-refractivity contribution in [1.82, 2.24) is 9.78 Å². The number of aldehydes is 1. The molecule has 1 aromatic heterocycles. The molecule has 2 aromatic rings. The number of aromatic nitrogens is 2. The van der Waals surface area contributed by atoms with Gasteiger partial charge in [0.15, 0.2) is 6.29 Å². The SMILES string of the molecule is COc1ccc(-c2nn(C)c(Cl)c2C=O)cc1. The first kappa shape index (κ1) is 11.7. The number of ether oxygens (including phenoxy) is 1. The molecule has 0 spiro atoms. The number of aryl methyl sites for hydroxylation is 1. The van der Waals surface area contributed by atoms with Gasteiger partial charge in [-0.25, -0.2) is 0 Å². The van der Waals surface area contributed by atoms with Crippen molar-refractivity contribution < 1.29 is 9.53 Å². The molecule has 2 rings (SSSR count). The number of carbonyl (C=O) groups excluding carboxylic acids is 1. The second-order valence-corrected chi connectivity index (χ2v) is 3.88. The van der Waals surface area contributed by atoms with Crippen LogP contribution in [0.1, 0.15) is 10.4 Å². The van der Waals surface area contributed by atoms with Gasteiger partial charge in [-0.1, -0.05) is 11.6 Å². The minimum Gasteiger partial charge on any atom is -0.497 e. The maximum Gasteiger partial charge on any atom is 0.155 e. The summed E-state index contributed by atoms with van der Waals surface area (Å²) in [6, 6.07) is 7.30. The standard InChI is InChI=1S/C12H11ClN2O2/c1-15-12(13)10(7-16)11(14-15)8-3-5-9(17-2)6-4-8/h3-7H,1-2H3. The molecule has 4 nitrogen and oxygen atoms in total. The summed E-state index contributed by atoms with van der Waals surface area (Å²) < 4.78 is 6.55. The van der Waals surface area contributed by atoms with Crippen LogP contribution in [-0.2, 0) is 7.05 Å². The van der Waals surface area contributed by atoms with Crippen molar-refractivity contribution in [3.05, 3.63) is 35.0 Å². The van der Waals surface area contributed by atoms with E-state index >= 15 is 0 Å². The van der Waals surface area contributed by atoms with Crippen LogP contribution in [-0.4, -0.2) is 23.2 Å². The predicted octanol–water partition coefficient (Wildman–Crippen LogP) is 2.56. The average Bonchev–Trinajstić information content (AvgIpc) is 2.65. The van der Waals surface area contributed by atoms with Gasteiger partial charge < -0.3 is 4.74 Å². The summed E-state index contributed by atoms with van der Waals surface area (Å²) >= 11 is 5.97. The molecule has 0 unspecified atom stereocenters. The second-order valence-electron chi connectivity index (χ2n) is 3.52. The Morgan fingerprint density at radius 3 is 2.53 bits per heavy atom. The largest absolute Gasteiger partial charge is 0.497 e. The molecule has 0 fully saturated rings. The summed E-state index contributed by atoms with van der Waals surface area (Å²) in [7, 11) is 3.30. The predicted molar refractivity (Wildman–Crippen MR) is 65.6 cm³/mol. The lowest BCUT2D eigenvalue weighted by Gasteiger charge is -2.01. The molecule has 0 bridgehead atoms. The van der Waals surface area contributed by atoms with Gasteiger partial charge >= 0.3 is 0 Å². The molecule has 0 radical (unpaired) electrons. The van der Waals surface area contributed by atoms with Crippen molar-refractivity contribution in [2.75, 3.05) is 7.11 Å². The van der Waals surface area contributed by atoms with Crippen molar-refractivity contribution >= 4 is 17.9 Å². The van der Waals surface area contributed by atoms with Crippen LogP contribution in [0.3, 0.4) is 0 Å². The van der Waals surface area contributed by atoms with Crippen molar-refractivity contribution in [2.45, 2.75) is 0 Å². The molecule has 0 aliphatic carbocycles. The lowest BCUT2D eigenvalue weighted by atomic mass is 10.1. The van der Waals surface area contributed by atoms with Crippen molar-refractivity contribution in [2.24, 2.45) is 7.05 Å². The Balaban J connectivity index is 2.52. The molecule has 0 atom stereocenters. The number of benzene rings is 1. The zero-order valence-electron chi connectivity index (χ0n) is 9.48. The Hall–Kier alpha value is -1.81. The minimum absolute atomic E-state index is 0.339. The van der Waals surface area contributed by atoms with Gasteiger partial charge in [0.05, 0.1) is 12.7 Å². The van der Waals surface area contributed by atoms with Crippen LogP contribution in [0.25, 0.3) is 11.3 Å². The molecule has 0 saturated heterocycles. The Morgan fingerprint density at radius 1 is 1.35 bits per heavy atom. The first-order valence-corrected chi connectivity index (χ1v) is 5.37. The normalized spacial score (nSPS) is 10.3. The summed E-state index contributed by atoms with van der Waals surface area (Å²) in [4.78, 5) is 11.0. The van der Waals surface area contributed by atoms with Gasteiger partial charge in [-0.05, 0) is 24.3 Å². The van der Waals surface area contributed by atoms with E-state index in [1.54, 1.807) is 14.2 Å². The summed E-state index contributed by atoms with van der Waals surface area (Å²) in [6.45, 7) is 0. The van der Waals surface area contributed by atoms with Gasteiger partial charge in [0, 0.05) is 12.6 Å². The van der Waals surface area contributed by atoms with Gasteiger partial charge in [0.2, 0.25) is 0 Å². The molecule has 0 aliphatic heterocycles. The number of hydrogen-bond donors (Lipinski definition) is 0. The van der Waals surface area contributed by atoms with Crippen molar-refractivity contribution in [3.8, 4) is 17.0 Å². The third-order valence-corrected chi connectivity index (χ3v) is 2.94. The zero-order chi connectivity index (χ0) is 12.4. The summed E-state index contributed by atoms with van der Waals surface area (Å²) in [5.74, 6) is 0.753. The van der Waals surface area contributed by atoms with Crippen LogP contribution in [0.4, 0.5) is 0 Å². The fourth-order valence-electron chi connectivity index (χ4n) is 1.59. The van der Waals surface area contributed by atoms with Crippen LogP contribution in [0, 0.1) is 0 Å². The van der Waals surface area contributed by atoms with E-state index in [2.05, 4.69) is 5.10 Å². The van der Waals surface area contributed by atoms with E-state index in [9.17, 15) is 4.79 Å². The van der Waals surface area contributed by atoms with Crippen LogP contribution in [0.5, 0.6) is 5.75 Å². The molecule has 5 heteroatoms. The Morgan fingerprint density at radius 2 is 2.00 bits per heavy atom. The lowest BCUT2D eigenvalue weighted by Crippen LogP contribution is -1.89. The smallest absolute Gasteiger partial charge is 0.155 e. The number of nitrogens with zero attached hydrogens (tertiary/aromatic N) is 2. The Bertz CT molecular complexity index is 546. The highest BCUT2D eigenvalue weighted by Crippen LogP contribution is 2.27. The maximum absolute atomic E-state index is 11.0. The minimum atomic E-state index is 0.339. The third kappa shape index (κ3) is 2.03. The van der Waals surface area contributed by atoms with E-state index in [0.29, 0.717) is 16.4 Å². The molecule has 0 aliphatic rings. The maximum atomic E-state index is 11.0. The first-order valence-electron chi connectivity index (χ1n) is 4.99. The highest BCUT2D eigenvalue weighted by molar-refractivity contribution is 6.32. The fourth-order valence-corrected chi connectivity index (χ4v) is 1.76. The quantitative estimate of drug-likeness (QED) is 0.787. The zero-order valence-corrected chi connectivity index (χ0v) is 10.2. The monoisotopic (exact) mass is 250 g/mol. The molecular weight excluding hydrogens is 240 g/mol. The van der Waals surface area contributed by atoms with E-state index in [1.165, 1.54) is 4.68 Å². The first-order chi connectivity index (χ1) is 8.17. The summed E-state index contributed by atoms with van der Waals surface area (Å²) in [5, 5.41) is 4.56. The molecule has 0 N–H and O–H groups in total. The topological polar surface area (TPSA) is 44.1 Å². The third-order valence-electron chi connectivity index (χ3n) is 2.49. The summed E-state index contributed by atoms with van der Waals surface area (Å²) in [5.41, 5.74) is 1.81. The number of carbonyl (C=O) groups is 1. The van der Waals surface area contributed by atoms with Gasteiger partial charge in [0.1, 0.15) is 16.6 Å². The van der Waals surface area contributed by atoms with Gasteiger partial charge in [-0.2, -0.15) is 5.10 Å². The highest BCUT2D eigenvalue weighted by Gasteiger charge is 2.15. The molecule has 0 amide bonds. The Labute approximate surface area is 104 Å². The van der Waals surface area contributed by atoms with Crippen LogP contribution >= 0.6 is 11.6 Å². The van der Waals surface area contributed by atoms with Gasteiger partial charge in [-0.15, -0.1) is 0 Å². The van der Waals surface area contributed by atoms with Crippen molar-refractivity contribution in [3.63, 3.8) is 0 Å². The highest BCUT2D eigenvalue weighted by atomic mass is 35.5. The number of methoxy groups -OCH3 is 1. The molecule has 1 heterocycles. The van der Waals surface area contributed by atoms with Gasteiger partial charge in [0.25, 0.3) is 0 Å². The van der Waals surface area contributed by atoms with E-state index in [4.69, 9.17) is 16.3 Å². The molecular formula is C12H11ClN2O2. The lowest BCUT2D eigenvalue weighted by molar-refractivity contribution is 0.112. The molecule has 0 saturated carbocycles. The summed E-state index contributed by atoms with van der Waals surface area (Å²) in [6.07, 6.45) is 0.717. The number of rotatable bonds is 3. The van der Waals surface area contributed by atoms with Gasteiger partial charge in [-0.3, -0.25) is 9.48 Å². The van der Waals surface area contributed by atoms with E-state index in [-0.39, 0.29) is 0 Å². The Kier molecular flexibility index (Phi) is 3.15. The molecule has 17 heavy (non-hydrogen) atoms. The van der Waals surface area contributed by atoms with E-state index in [0.717, 1.165) is 17.6 Å². The number of hydrogen-bond acceptors (Lipinski definition) is 3. The van der Waals surface area contributed by atoms with Crippen LogP contribution < -0.4 is 4.74 Å². The molecule has 1 aromatic carbocycles. The average molecular weight is 251 g/mol. The van der Waals surface area contributed by atoms with E-state index < -0.39 is 0 Å². The fraction of sp³-hybridized carbons (Fsp3) is 0.167. The van der Waals surface area contributed by atoms with E-state index in [1.807, 2.05) is 24.3 Å². The van der Waals surface area contributed by atoms with Crippen molar-refractivity contribution in [1.29, 1.82) is 0 Å². The van der Waals surface area contributed by atoms with Crippen LogP contribution in [0.2, 0.25) is 5.15 Å². The van der Waals surface area contributed by atoms with Crippen LogP contribution in [0.15, 0.2) is 24.3 Å². The second kappa shape index (κ2) is 4.59.